The van der Waals surface area contributed by atoms with Crippen molar-refractivity contribution in [1.82, 2.24) is 9.88 Å². The van der Waals surface area contributed by atoms with Gasteiger partial charge in [-0.3, -0.25) is 9.98 Å². The maximum absolute atomic E-state index is 6.06. The van der Waals surface area contributed by atoms with Crippen LogP contribution in [0.2, 0.25) is 0 Å². The quantitative estimate of drug-likeness (QED) is 0.932. The minimum Gasteiger partial charge on any atom is -0.370 e. The fourth-order valence-corrected chi connectivity index (χ4v) is 3.07. The van der Waals surface area contributed by atoms with E-state index in [1.165, 1.54) is 4.88 Å². The van der Waals surface area contributed by atoms with Crippen molar-refractivity contribution in [3.63, 3.8) is 0 Å². The Kier molecular flexibility index (Phi) is 2.98. The first kappa shape index (κ1) is 12.2. The van der Waals surface area contributed by atoms with Gasteiger partial charge in [-0.1, -0.05) is 12.1 Å². The van der Waals surface area contributed by atoms with Gasteiger partial charge in [0.05, 0.1) is 18.8 Å². The molecule has 0 fully saturated rings. The summed E-state index contributed by atoms with van der Waals surface area (Å²) in [6.45, 7) is 3.58. The van der Waals surface area contributed by atoms with Crippen molar-refractivity contribution in [3.8, 4) is 0 Å². The normalized spacial score (nSPS) is 22.6. The van der Waals surface area contributed by atoms with Crippen LogP contribution >= 0.6 is 11.3 Å². The molecule has 5 heteroatoms. The van der Waals surface area contributed by atoms with Gasteiger partial charge in [-0.25, -0.2) is 0 Å². The van der Waals surface area contributed by atoms with Crippen LogP contribution in [-0.2, 0) is 12.1 Å². The number of aromatic nitrogens is 1. The number of hydrogen-bond acceptors (Lipinski definition) is 5. The molecule has 1 unspecified atom stereocenters. The maximum Gasteiger partial charge on any atom is 0.192 e. The van der Waals surface area contributed by atoms with E-state index in [4.69, 9.17) is 5.73 Å². The Hall–Kier alpha value is -1.88. The lowest BCUT2D eigenvalue weighted by Gasteiger charge is -2.35. The van der Waals surface area contributed by atoms with Gasteiger partial charge in [-0.05, 0) is 30.5 Å². The van der Waals surface area contributed by atoms with Gasteiger partial charge in [0, 0.05) is 11.1 Å². The number of hydrogen-bond donors (Lipinski definition) is 1. The Bertz CT molecular complexity index is 579. The predicted octanol–water partition coefficient (Wildman–Crippen LogP) is 2.19. The summed E-state index contributed by atoms with van der Waals surface area (Å²) in [5.41, 5.74) is 6.82. The number of aliphatic imine (C=N–C) groups is 1. The third kappa shape index (κ3) is 2.10. The summed E-state index contributed by atoms with van der Waals surface area (Å²) < 4.78 is 0. The molecule has 0 aromatic carbocycles. The molecule has 0 spiro atoms. The standard InChI is InChI=1S/C14H16N4S/c1-14(12-6-2-3-7-16-12)10-17-13(15)18(14)9-11-5-4-8-19-11/h2-8H,9-10H2,1H3,(H2,15,17). The fraction of sp³-hybridized carbons (Fsp3) is 0.286. The molecule has 2 aromatic rings. The van der Waals surface area contributed by atoms with E-state index in [9.17, 15) is 0 Å². The molecule has 0 amide bonds. The van der Waals surface area contributed by atoms with Crippen molar-refractivity contribution in [2.45, 2.75) is 19.0 Å². The van der Waals surface area contributed by atoms with Crippen molar-refractivity contribution in [3.05, 3.63) is 52.5 Å². The lowest BCUT2D eigenvalue weighted by molar-refractivity contribution is 0.213. The van der Waals surface area contributed by atoms with Crippen LogP contribution in [0.25, 0.3) is 0 Å². The van der Waals surface area contributed by atoms with Crippen LogP contribution in [0.15, 0.2) is 46.9 Å². The second kappa shape index (κ2) is 4.66. The van der Waals surface area contributed by atoms with E-state index < -0.39 is 0 Å². The summed E-state index contributed by atoms with van der Waals surface area (Å²) in [7, 11) is 0. The van der Waals surface area contributed by atoms with E-state index in [-0.39, 0.29) is 5.54 Å². The molecule has 0 saturated heterocycles. The van der Waals surface area contributed by atoms with Crippen molar-refractivity contribution < 1.29 is 0 Å². The first-order valence-corrected chi connectivity index (χ1v) is 7.09. The van der Waals surface area contributed by atoms with E-state index in [0.29, 0.717) is 12.5 Å². The zero-order chi connectivity index (χ0) is 13.3. The molecule has 3 heterocycles. The Labute approximate surface area is 116 Å². The van der Waals surface area contributed by atoms with Crippen molar-refractivity contribution in [2.75, 3.05) is 6.54 Å². The number of nitrogens with zero attached hydrogens (tertiary/aromatic N) is 3. The van der Waals surface area contributed by atoms with Crippen LogP contribution in [-0.4, -0.2) is 22.4 Å². The average Bonchev–Trinajstić information content (AvgIpc) is 3.04. The molecule has 1 aliphatic rings. The van der Waals surface area contributed by atoms with Crippen molar-refractivity contribution in [1.29, 1.82) is 0 Å². The number of thiophene rings is 1. The summed E-state index contributed by atoms with van der Waals surface area (Å²) in [5, 5.41) is 2.08. The van der Waals surface area contributed by atoms with Gasteiger partial charge in [-0.2, -0.15) is 0 Å². The molecule has 2 aromatic heterocycles. The summed E-state index contributed by atoms with van der Waals surface area (Å²) in [4.78, 5) is 12.3. The first-order chi connectivity index (χ1) is 9.20. The highest BCUT2D eigenvalue weighted by Crippen LogP contribution is 2.33. The summed E-state index contributed by atoms with van der Waals surface area (Å²) >= 11 is 1.74. The van der Waals surface area contributed by atoms with Gasteiger partial charge in [-0.15, -0.1) is 11.3 Å². The van der Waals surface area contributed by atoms with Crippen LogP contribution in [0, 0.1) is 0 Å². The van der Waals surface area contributed by atoms with Gasteiger partial charge in [0.2, 0.25) is 0 Å². The van der Waals surface area contributed by atoms with Crippen LogP contribution in [0.1, 0.15) is 17.5 Å². The third-order valence-electron chi connectivity index (χ3n) is 3.53. The largest absolute Gasteiger partial charge is 0.370 e. The molecule has 98 valence electrons. The minimum atomic E-state index is -0.255. The lowest BCUT2D eigenvalue weighted by atomic mass is 9.96. The van der Waals surface area contributed by atoms with E-state index in [2.05, 4.69) is 39.3 Å². The second-order valence-electron chi connectivity index (χ2n) is 4.83. The highest BCUT2D eigenvalue weighted by molar-refractivity contribution is 7.09. The predicted molar refractivity (Wildman–Crippen MR) is 77.9 cm³/mol. The first-order valence-electron chi connectivity index (χ1n) is 6.21. The van der Waals surface area contributed by atoms with E-state index in [0.717, 1.165) is 12.2 Å². The molecule has 19 heavy (non-hydrogen) atoms. The summed E-state index contributed by atoms with van der Waals surface area (Å²) in [5.74, 6) is 0.599. The molecular weight excluding hydrogens is 256 g/mol. The zero-order valence-corrected chi connectivity index (χ0v) is 11.6. The number of nitrogens with two attached hydrogens (primary N) is 1. The second-order valence-corrected chi connectivity index (χ2v) is 5.86. The highest BCUT2D eigenvalue weighted by atomic mass is 32.1. The lowest BCUT2D eigenvalue weighted by Crippen LogP contribution is -2.47. The zero-order valence-electron chi connectivity index (χ0n) is 10.8. The molecule has 1 aliphatic heterocycles. The molecule has 0 aliphatic carbocycles. The third-order valence-corrected chi connectivity index (χ3v) is 4.39. The van der Waals surface area contributed by atoms with Gasteiger partial charge < -0.3 is 10.6 Å². The number of guanidine groups is 1. The van der Waals surface area contributed by atoms with E-state index >= 15 is 0 Å². The Balaban J connectivity index is 1.93. The van der Waals surface area contributed by atoms with Crippen LogP contribution in [0.4, 0.5) is 0 Å². The Morgan fingerprint density at radius 1 is 1.37 bits per heavy atom. The van der Waals surface area contributed by atoms with Gasteiger partial charge >= 0.3 is 0 Å². The van der Waals surface area contributed by atoms with Crippen LogP contribution < -0.4 is 5.73 Å². The van der Waals surface area contributed by atoms with E-state index in [1.807, 2.05) is 24.4 Å². The minimum absolute atomic E-state index is 0.255. The molecule has 0 bridgehead atoms. The smallest absolute Gasteiger partial charge is 0.192 e. The number of rotatable bonds is 3. The Morgan fingerprint density at radius 3 is 2.95 bits per heavy atom. The van der Waals surface area contributed by atoms with Crippen LogP contribution in [0.3, 0.4) is 0 Å². The van der Waals surface area contributed by atoms with Gasteiger partial charge in [0.25, 0.3) is 0 Å². The van der Waals surface area contributed by atoms with Crippen molar-refractivity contribution in [2.24, 2.45) is 10.7 Å². The topological polar surface area (TPSA) is 54.5 Å². The summed E-state index contributed by atoms with van der Waals surface area (Å²) in [6.07, 6.45) is 1.82. The molecule has 0 saturated carbocycles. The van der Waals surface area contributed by atoms with Crippen molar-refractivity contribution >= 4 is 17.3 Å². The van der Waals surface area contributed by atoms with Gasteiger partial charge in [0.15, 0.2) is 5.96 Å². The number of pyridine rings is 1. The van der Waals surface area contributed by atoms with Gasteiger partial charge in [0.1, 0.15) is 5.54 Å². The van der Waals surface area contributed by atoms with Crippen LogP contribution in [0.5, 0.6) is 0 Å². The fourth-order valence-electron chi connectivity index (χ4n) is 2.37. The molecular formula is C14H16N4S. The molecule has 4 nitrogen and oxygen atoms in total. The highest BCUT2D eigenvalue weighted by Gasteiger charge is 2.40. The average molecular weight is 272 g/mol. The SMILES string of the molecule is CC1(c2ccccn2)CN=C(N)N1Cc1cccs1. The Morgan fingerprint density at radius 2 is 2.26 bits per heavy atom. The maximum atomic E-state index is 6.06. The molecule has 1 atom stereocenters. The molecule has 3 rings (SSSR count). The molecule has 0 radical (unpaired) electrons. The van der Waals surface area contributed by atoms with E-state index in [1.54, 1.807) is 11.3 Å². The monoisotopic (exact) mass is 272 g/mol. The summed E-state index contributed by atoms with van der Waals surface area (Å²) in [6, 6.07) is 10.1. The molecule has 2 N–H and O–H groups in total.